The lowest BCUT2D eigenvalue weighted by Crippen LogP contribution is -2.35. The topological polar surface area (TPSA) is 64.6 Å². The molecule has 0 aliphatic carbocycles. The van der Waals surface area contributed by atoms with Gasteiger partial charge in [0.2, 0.25) is 0 Å². The molecule has 1 atom stereocenters. The second kappa shape index (κ2) is 5.26. The lowest BCUT2D eigenvalue weighted by Gasteiger charge is -2.29. The Balaban J connectivity index is 2.81. The SMILES string of the molecule is COc1ccc(OC)c(S(C)(=O)=O)c1C1(C)CCCN1. The highest BCUT2D eigenvalue weighted by molar-refractivity contribution is 7.90. The number of rotatable bonds is 4. The number of ether oxygens (including phenoxy) is 2. The molecule has 0 amide bonds. The highest BCUT2D eigenvalue weighted by atomic mass is 32.2. The Morgan fingerprint density at radius 3 is 2.25 bits per heavy atom. The normalized spacial score (nSPS) is 22.8. The number of nitrogens with one attached hydrogen (secondary N) is 1. The van der Waals surface area contributed by atoms with Crippen LogP contribution < -0.4 is 14.8 Å². The van der Waals surface area contributed by atoms with E-state index in [-0.39, 0.29) is 4.90 Å². The van der Waals surface area contributed by atoms with Gasteiger partial charge >= 0.3 is 0 Å². The van der Waals surface area contributed by atoms with Crippen LogP contribution in [0.1, 0.15) is 25.3 Å². The largest absolute Gasteiger partial charge is 0.496 e. The summed E-state index contributed by atoms with van der Waals surface area (Å²) in [7, 11) is -0.401. The molecule has 2 rings (SSSR count). The van der Waals surface area contributed by atoms with Gasteiger partial charge in [0.05, 0.1) is 14.2 Å². The van der Waals surface area contributed by atoms with Crippen molar-refractivity contribution in [1.29, 1.82) is 0 Å². The fourth-order valence-corrected chi connectivity index (χ4v) is 4.09. The molecular weight excluding hydrogens is 278 g/mol. The first kappa shape index (κ1) is 15.1. The number of methoxy groups -OCH3 is 2. The molecule has 20 heavy (non-hydrogen) atoms. The van der Waals surface area contributed by atoms with Gasteiger partial charge in [0.15, 0.2) is 9.84 Å². The monoisotopic (exact) mass is 299 g/mol. The van der Waals surface area contributed by atoms with E-state index in [0.29, 0.717) is 17.1 Å². The van der Waals surface area contributed by atoms with E-state index in [2.05, 4.69) is 5.32 Å². The molecule has 0 spiro atoms. The molecule has 0 radical (unpaired) electrons. The first-order valence-electron chi connectivity index (χ1n) is 6.54. The summed E-state index contributed by atoms with van der Waals surface area (Å²) in [5, 5.41) is 3.39. The van der Waals surface area contributed by atoms with Crippen LogP contribution in [0.2, 0.25) is 0 Å². The molecule has 1 N–H and O–H groups in total. The lowest BCUT2D eigenvalue weighted by atomic mass is 9.89. The summed E-state index contributed by atoms with van der Waals surface area (Å²) in [4.78, 5) is 0.219. The van der Waals surface area contributed by atoms with Crippen LogP contribution in [-0.4, -0.2) is 35.4 Å². The van der Waals surface area contributed by atoms with Crippen LogP contribution in [-0.2, 0) is 15.4 Å². The van der Waals surface area contributed by atoms with Crippen molar-refractivity contribution in [2.45, 2.75) is 30.2 Å². The van der Waals surface area contributed by atoms with Crippen LogP contribution >= 0.6 is 0 Å². The average molecular weight is 299 g/mol. The molecule has 0 aromatic heterocycles. The van der Waals surface area contributed by atoms with Crippen molar-refractivity contribution in [3.8, 4) is 11.5 Å². The molecule has 1 aromatic rings. The van der Waals surface area contributed by atoms with Crippen molar-refractivity contribution >= 4 is 9.84 Å². The maximum atomic E-state index is 12.2. The first-order chi connectivity index (χ1) is 9.33. The lowest BCUT2D eigenvalue weighted by molar-refractivity contribution is 0.351. The van der Waals surface area contributed by atoms with Crippen molar-refractivity contribution in [3.05, 3.63) is 17.7 Å². The fourth-order valence-electron chi connectivity index (χ4n) is 2.87. The maximum Gasteiger partial charge on any atom is 0.179 e. The van der Waals surface area contributed by atoms with E-state index >= 15 is 0 Å². The minimum Gasteiger partial charge on any atom is -0.496 e. The van der Waals surface area contributed by atoms with Crippen LogP contribution in [0, 0.1) is 0 Å². The summed E-state index contributed by atoms with van der Waals surface area (Å²) in [6.07, 6.45) is 3.06. The molecule has 1 aliphatic heterocycles. The Kier molecular flexibility index (Phi) is 3.97. The maximum absolute atomic E-state index is 12.2. The average Bonchev–Trinajstić information content (AvgIpc) is 2.84. The third-order valence-corrected chi connectivity index (χ3v) is 4.96. The predicted molar refractivity (Wildman–Crippen MR) is 77.2 cm³/mol. The van der Waals surface area contributed by atoms with E-state index in [9.17, 15) is 8.42 Å². The van der Waals surface area contributed by atoms with Gasteiger partial charge in [-0.25, -0.2) is 8.42 Å². The molecule has 1 aromatic carbocycles. The smallest absolute Gasteiger partial charge is 0.179 e. The van der Waals surface area contributed by atoms with Crippen LogP contribution in [0.25, 0.3) is 0 Å². The molecule has 1 fully saturated rings. The second-order valence-electron chi connectivity index (χ2n) is 5.31. The number of hydrogen-bond acceptors (Lipinski definition) is 5. The standard InChI is InChI=1S/C14H21NO4S/c1-14(8-5-9-15-14)12-10(18-2)6-7-11(19-3)13(12)20(4,16)17/h6-7,15H,5,8-9H2,1-4H3. The quantitative estimate of drug-likeness (QED) is 0.917. The van der Waals surface area contributed by atoms with Crippen molar-refractivity contribution in [1.82, 2.24) is 5.32 Å². The summed E-state index contributed by atoms with van der Waals surface area (Å²) < 4.78 is 35.1. The van der Waals surface area contributed by atoms with Gasteiger partial charge in [-0.1, -0.05) is 0 Å². The van der Waals surface area contributed by atoms with Gasteiger partial charge in [-0.05, 0) is 38.4 Å². The second-order valence-corrected chi connectivity index (χ2v) is 7.26. The molecule has 1 heterocycles. The Morgan fingerprint density at radius 1 is 1.20 bits per heavy atom. The molecule has 6 heteroatoms. The van der Waals surface area contributed by atoms with Gasteiger partial charge in [0.25, 0.3) is 0 Å². The van der Waals surface area contributed by atoms with Crippen LogP contribution in [0.4, 0.5) is 0 Å². The van der Waals surface area contributed by atoms with Gasteiger partial charge in [0, 0.05) is 17.4 Å². The Labute approximate surface area is 120 Å². The Morgan fingerprint density at radius 2 is 1.80 bits per heavy atom. The molecule has 1 aliphatic rings. The van der Waals surface area contributed by atoms with E-state index in [1.807, 2.05) is 6.92 Å². The fraction of sp³-hybridized carbons (Fsp3) is 0.571. The van der Waals surface area contributed by atoms with Gasteiger partial charge in [-0.2, -0.15) is 0 Å². The molecule has 5 nitrogen and oxygen atoms in total. The van der Waals surface area contributed by atoms with E-state index in [0.717, 1.165) is 19.4 Å². The third-order valence-electron chi connectivity index (χ3n) is 3.81. The van der Waals surface area contributed by atoms with Gasteiger partial charge in [-0.3, -0.25) is 0 Å². The summed E-state index contributed by atoms with van der Waals surface area (Å²) in [6.45, 7) is 2.87. The van der Waals surface area contributed by atoms with Gasteiger partial charge in [0.1, 0.15) is 16.4 Å². The molecule has 1 unspecified atom stereocenters. The highest BCUT2D eigenvalue weighted by Crippen LogP contribution is 2.44. The van der Waals surface area contributed by atoms with Crippen LogP contribution in [0.15, 0.2) is 17.0 Å². The van der Waals surface area contributed by atoms with Crippen LogP contribution in [0.5, 0.6) is 11.5 Å². The summed E-state index contributed by atoms with van der Waals surface area (Å²) in [5.41, 5.74) is 0.248. The highest BCUT2D eigenvalue weighted by Gasteiger charge is 2.38. The van der Waals surface area contributed by atoms with Gasteiger partial charge in [-0.15, -0.1) is 0 Å². The molecular formula is C14H21NO4S. The summed E-state index contributed by atoms with van der Waals surface area (Å²) >= 11 is 0. The first-order valence-corrected chi connectivity index (χ1v) is 8.43. The molecule has 1 saturated heterocycles. The van der Waals surface area contributed by atoms with E-state index < -0.39 is 15.4 Å². The number of hydrogen-bond donors (Lipinski definition) is 1. The van der Waals surface area contributed by atoms with Crippen molar-refractivity contribution in [3.63, 3.8) is 0 Å². The van der Waals surface area contributed by atoms with Gasteiger partial charge < -0.3 is 14.8 Å². The van der Waals surface area contributed by atoms with E-state index in [1.165, 1.54) is 13.4 Å². The van der Waals surface area contributed by atoms with E-state index in [1.54, 1.807) is 19.2 Å². The minimum absolute atomic E-state index is 0.219. The number of sulfone groups is 1. The molecule has 112 valence electrons. The minimum atomic E-state index is -3.43. The summed E-state index contributed by atoms with van der Waals surface area (Å²) in [6, 6.07) is 3.39. The molecule has 0 bridgehead atoms. The molecule has 0 saturated carbocycles. The zero-order chi connectivity index (χ0) is 15.0. The third kappa shape index (κ3) is 2.50. The zero-order valence-electron chi connectivity index (χ0n) is 12.3. The number of benzene rings is 1. The Hall–Kier alpha value is -1.27. The van der Waals surface area contributed by atoms with Crippen LogP contribution in [0.3, 0.4) is 0 Å². The van der Waals surface area contributed by atoms with Crippen molar-refractivity contribution < 1.29 is 17.9 Å². The zero-order valence-corrected chi connectivity index (χ0v) is 13.1. The van der Waals surface area contributed by atoms with Crippen molar-refractivity contribution in [2.75, 3.05) is 27.0 Å². The van der Waals surface area contributed by atoms with E-state index in [4.69, 9.17) is 9.47 Å². The predicted octanol–water partition coefficient (Wildman–Crippen LogP) is 1.71. The van der Waals surface area contributed by atoms with Crippen molar-refractivity contribution in [2.24, 2.45) is 0 Å². The summed E-state index contributed by atoms with van der Waals surface area (Å²) in [5.74, 6) is 0.932. The Bertz CT molecular complexity index is 604.